The summed E-state index contributed by atoms with van der Waals surface area (Å²) < 4.78 is 2.45. The molecule has 1 fully saturated rings. The van der Waals surface area contributed by atoms with Gasteiger partial charge in [0, 0.05) is 36.2 Å². The summed E-state index contributed by atoms with van der Waals surface area (Å²) in [5, 5.41) is 8.19. The third kappa shape index (κ3) is 3.91. The van der Waals surface area contributed by atoms with Crippen LogP contribution in [0, 0.1) is 11.8 Å². The van der Waals surface area contributed by atoms with Crippen molar-refractivity contribution < 1.29 is 4.79 Å². The number of aromatic nitrogens is 1. The van der Waals surface area contributed by atoms with Crippen LogP contribution in [-0.2, 0) is 17.8 Å². The minimum absolute atomic E-state index is 0.140. The quantitative estimate of drug-likeness (QED) is 0.771. The summed E-state index contributed by atoms with van der Waals surface area (Å²) in [5.41, 5.74) is 4.05. The van der Waals surface area contributed by atoms with E-state index >= 15 is 0 Å². The number of carbonyl (C=O) groups excluding carboxylic acids is 1. The van der Waals surface area contributed by atoms with Crippen molar-refractivity contribution in [3.05, 3.63) is 35.5 Å². The molecule has 2 aliphatic rings. The highest BCUT2D eigenvalue weighted by Crippen LogP contribution is 2.38. The second-order valence-electron chi connectivity index (χ2n) is 8.89. The van der Waals surface area contributed by atoms with Crippen LogP contribution in [0.2, 0.25) is 0 Å². The van der Waals surface area contributed by atoms with Crippen LogP contribution in [0.15, 0.2) is 24.4 Å². The molecule has 2 aromatic rings. The van der Waals surface area contributed by atoms with Crippen molar-refractivity contribution in [1.29, 1.82) is 0 Å². The second-order valence-corrected chi connectivity index (χ2v) is 8.89. The van der Waals surface area contributed by atoms with E-state index in [1.165, 1.54) is 34.9 Å². The van der Waals surface area contributed by atoms with Gasteiger partial charge < -0.3 is 9.88 Å². The monoisotopic (exact) mass is 367 g/mol. The lowest BCUT2D eigenvalue weighted by atomic mass is 9.94. The van der Waals surface area contributed by atoms with Crippen molar-refractivity contribution in [2.45, 2.75) is 71.5 Å². The molecule has 4 heteroatoms. The van der Waals surface area contributed by atoms with Crippen LogP contribution in [0.25, 0.3) is 10.9 Å². The van der Waals surface area contributed by atoms with Gasteiger partial charge in [0.25, 0.3) is 0 Å². The number of benzene rings is 1. The molecule has 0 bridgehead atoms. The molecule has 4 nitrogen and oxygen atoms in total. The Bertz CT molecular complexity index is 818. The summed E-state index contributed by atoms with van der Waals surface area (Å²) >= 11 is 0. The fourth-order valence-corrected chi connectivity index (χ4v) is 4.46. The van der Waals surface area contributed by atoms with Gasteiger partial charge in [0.05, 0.1) is 6.04 Å². The maximum atomic E-state index is 12.8. The van der Waals surface area contributed by atoms with Gasteiger partial charge in [0.1, 0.15) is 0 Å². The Hall–Kier alpha value is -1.81. The maximum Gasteiger partial charge on any atom is 0.237 e. The number of nitrogens with one attached hydrogen (secondary N) is 2. The molecule has 0 spiro atoms. The van der Waals surface area contributed by atoms with Gasteiger partial charge in [0.15, 0.2) is 0 Å². The average Bonchev–Trinajstić information content (AvgIpc) is 3.41. The second kappa shape index (κ2) is 7.67. The molecular weight excluding hydrogens is 334 g/mol. The number of amides is 1. The maximum absolute atomic E-state index is 12.8. The lowest BCUT2D eigenvalue weighted by molar-refractivity contribution is -0.123. The largest absolute Gasteiger partial charge is 0.355 e. The zero-order valence-corrected chi connectivity index (χ0v) is 16.9. The minimum Gasteiger partial charge on any atom is -0.355 e. The summed E-state index contributed by atoms with van der Waals surface area (Å²) in [6, 6.07) is 6.78. The van der Waals surface area contributed by atoms with E-state index in [9.17, 15) is 4.79 Å². The van der Waals surface area contributed by atoms with E-state index < -0.39 is 0 Å². The van der Waals surface area contributed by atoms with E-state index in [0.717, 1.165) is 38.3 Å². The summed E-state index contributed by atoms with van der Waals surface area (Å²) in [4.78, 5) is 12.8. The highest BCUT2D eigenvalue weighted by molar-refractivity contribution is 5.90. The third-order valence-corrected chi connectivity index (χ3v) is 5.94. The molecule has 1 saturated carbocycles. The van der Waals surface area contributed by atoms with E-state index in [2.05, 4.69) is 60.4 Å². The number of nitrogens with zero attached hydrogens (tertiary/aromatic N) is 1. The van der Waals surface area contributed by atoms with Gasteiger partial charge in [-0.1, -0.05) is 32.9 Å². The Morgan fingerprint density at radius 1 is 1.33 bits per heavy atom. The molecule has 0 radical (unpaired) electrons. The minimum atomic E-state index is -0.160. The standard InChI is InChI=1S/C23H33N3O/c1-4-10-24-23(27)20-12-17-14-26(13-16-8-9-16)21-7-5-6-18(22(17)21)19(25-20)11-15(2)3/h5-7,14-16,19-20,25H,4,8-13H2,1-3H3,(H,24,27)/t19-,20-/m0/s1. The molecule has 2 heterocycles. The van der Waals surface area contributed by atoms with Crippen LogP contribution in [0.5, 0.6) is 0 Å². The summed E-state index contributed by atoms with van der Waals surface area (Å²) in [6.07, 6.45) is 7.82. The van der Waals surface area contributed by atoms with Crippen LogP contribution < -0.4 is 10.6 Å². The van der Waals surface area contributed by atoms with Crippen molar-refractivity contribution in [3.8, 4) is 0 Å². The molecule has 1 aliphatic heterocycles. The molecule has 1 aromatic carbocycles. The van der Waals surface area contributed by atoms with E-state index in [4.69, 9.17) is 0 Å². The molecule has 0 saturated heterocycles. The zero-order chi connectivity index (χ0) is 19.0. The molecule has 2 atom stereocenters. The van der Waals surface area contributed by atoms with E-state index in [-0.39, 0.29) is 18.0 Å². The first-order chi connectivity index (χ1) is 13.1. The van der Waals surface area contributed by atoms with Gasteiger partial charge in [0.2, 0.25) is 5.91 Å². The van der Waals surface area contributed by atoms with Gasteiger partial charge in [-0.05, 0) is 61.1 Å². The Kier molecular flexibility index (Phi) is 5.27. The first kappa shape index (κ1) is 18.5. The summed E-state index contributed by atoms with van der Waals surface area (Å²) in [5.74, 6) is 1.56. The lowest BCUT2D eigenvalue weighted by Gasteiger charge is -2.25. The summed E-state index contributed by atoms with van der Waals surface area (Å²) in [6.45, 7) is 8.49. The van der Waals surface area contributed by atoms with Gasteiger partial charge in [-0.15, -0.1) is 0 Å². The van der Waals surface area contributed by atoms with Gasteiger partial charge in [-0.3, -0.25) is 10.1 Å². The number of hydrogen-bond donors (Lipinski definition) is 2. The first-order valence-corrected chi connectivity index (χ1v) is 10.7. The molecule has 2 N–H and O–H groups in total. The van der Waals surface area contributed by atoms with E-state index in [1.54, 1.807) is 0 Å². The Morgan fingerprint density at radius 3 is 2.85 bits per heavy atom. The average molecular weight is 368 g/mol. The molecule has 1 aromatic heterocycles. The van der Waals surface area contributed by atoms with Crippen LogP contribution in [-0.4, -0.2) is 23.1 Å². The van der Waals surface area contributed by atoms with Crippen LogP contribution in [0.3, 0.4) is 0 Å². The van der Waals surface area contributed by atoms with Gasteiger partial charge >= 0.3 is 0 Å². The van der Waals surface area contributed by atoms with Crippen LogP contribution in [0.4, 0.5) is 0 Å². The third-order valence-electron chi connectivity index (χ3n) is 5.94. The predicted octanol–water partition coefficient (Wildman–Crippen LogP) is 4.18. The van der Waals surface area contributed by atoms with Gasteiger partial charge in [-0.2, -0.15) is 0 Å². The molecule has 1 amide bonds. The van der Waals surface area contributed by atoms with Crippen LogP contribution in [0.1, 0.15) is 63.6 Å². The van der Waals surface area contributed by atoms with Crippen molar-refractivity contribution >= 4 is 16.8 Å². The molecule has 1 aliphatic carbocycles. The van der Waals surface area contributed by atoms with Crippen molar-refractivity contribution in [3.63, 3.8) is 0 Å². The number of hydrogen-bond acceptors (Lipinski definition) is 2. The number of carbonyl (C=O) groups is 1. The molecule has 0 unspecified atom stereocenters. The van der Waals surface area contributed by atoms with Crippen molar-refractivity contribution in [1.82, 2.24) is 15.2 Å². The topological polar surface area (TPSA) is 46.1 Å². The highest BCUT2D eigenvalue weighted by Gasteiger charge is 2.31. The SMILES string of the molecule is CCCNC(=O)[C@@H]1Cc2cn(CC3CC3)c3cccc(c23)[C@H](CC(C)C)N1. The molecule has 146 valence electrons. The summed E-state index contributed by atoms with van der Waals surface area (Å²) in [7, 11) is 0. The normalized spacial score (nSPS) is 22.2. The van der Waals surface area contributed by atoms with Gasteiger partial charge in [-0.25, -0.2) is 0 Å². The Morgan fingerprint density at radius 2 is 2.15 bits per heavy atom. The lowest BCUT2D eigenvalue weighted by Crippen LogP contribution is -2.46. The predicted molar refractivity (Wildman–Crippen MR) is 111 cm³/mol. The van der Waals surface area contributed by atoms with Crippen molar-refractivity contribution in [2.75, 3.05) is 6.54 Å². The van der Waals surface area contributed by atoms with Crippen LogP contribution >= 0.6 is 0 Å². The Labute approximate surface area is 162 Å². The highest BCUT2D eigenvalue weighted by atomic mass is 16.2. The van der Waals surface area contributed by atoms with E-state index in [0.29, 0.717) is 5.92 Å². The number of rotatable bonds is 7. The Balaban J connectivity index is 1.74. The smallest absolute Gasteiger partial charge is 0.237 e. The molecule has 27 heavy (non-hydrogen) atoms. The fraction of sp³-hybridized carbons (Fsp3) is 0.609. The van der Waals surface area contributed by atoms with Crippen molar-refractivity contribution in [2.24, 2.45) is 11.8 Å². The zero-order valence-electron chi connectivity index (χ0n) is 16.9. The van der Waals surface area contributed by atoms with E-state index in [1.807, 2.05) is 0 Å². The molecular formula is C23H33N3O. The fourth-order valence-electron chi connectivity index (χ4n) is 4.46. The molecule has 4 rings (SSSR count). The first-order valence-electron chi connectivity index (χ1n) is 10.7.